The van der Waals surface area contributed by atoms with E-state index in [1.807, 2.05) is 0 Å². The normalized spacial score (nSPS) is 12.7. The van der Waals surface area contributed by atoms with Crippen molar-refractivity contribution in [2.24, 2.45) is 0 Å². The molecular formula is C13H15FN2O2. The van der Waals surface area contributed by atoms with Crippen LogP contribution in [0, 0.1) is 5.82 Å². The van der Waals surface area contributed by atoms with Crippen molar-refractivity contribution in [1.29, 1.82) is 0 Å². The Morgan fingerprint density at radius 1 is 1.33 bits per heavy atom. The van der Waals surface area contributed by atoms with E-state index < -0.39 is 6.10 Å². The van der Waals surface area contributed by atoms with Gasteiger partial charge in [-0.1, -0.05) is 0 Å². The fraction of sp³-hybridized carbons (Fsp3) is 0.308. The first-order valence-corrected chi connectivity index (χ1v) is 5.71. The van der Waals surface area contributed by atoms with E-state index in [4.69, 9.17) is 0 Å². The average Bonchev–Trinajstić information content (AvgIpc) is 2.72. The van der Waals surface area contributed by atoms with Crippen molar-refractivity contribution >= 4 is 0 Å². The molecule has 2 rings (SSSR count). The molecule has 0 aliphatic heterocycles. The van der Waals surface area contributed by atoms with Crippen LogP contribution in [-0.2, 0) is 13.2 Å². The minimum atomic E-state index is -0.545. The Hall–Kier alpha value is -1.72. The zero-order chi connectivity index (χ0) is 13.1. The smallest absolute Gasteiger partial charge is 0.123 e. The zero-order valence-electron chi connectivity index (χ0n) is 10.0. The number of halogens is 1. The second-order valence-electron chi connectivity index (χ2n) is 4.22. The molecule has 1 aromatic heterocycles. The van der Waals surface area contributed by atoms with Crippen LogP contribution in [0.1, 0.15) is 12.6 Å². The van der Waals surface area contributed by atoms with E-state index in [1.54, 1.807) is 29.8 Å². The molecule has 1 unspecified atom stereocenters. The summed E-state index contributed by atoms with van der Waals surface area (Å²) in [5.41, 5.74) is 2.05. The summed E-state index contributed by atoms with van der Waals surface area (Å²) in [6, 6.07) is 7.72. The summed E-state index contributed by atoms with van der Waals surface area (Å²) >= 11 is 0. The fourth-order valence-corrected chi connectivity index (χ4v) is 1.75. The third kappa shape index (κ3) is 2.75. The van der Waals surface area contributed by atoms with Gasteiger partial charge in [0.1, 0.15) is 5.82 Å². The van der Waals surface area contributed by atoms with Gasteiger partial charge in [0.15, 0.2) is 0 Å². The van der Waals surface area contributed by atoms with Crippen molar-refractivity contribution < 1.29 is 14.6 Å². The van der Waals surface area contributed by atoms with Crippen molar-refractivity contribution in [2.45, 2.75) is 26.2 Å². The first-order chi connectivity index (χ1) is 8.60. The minimum Gasteiger partial charge on any atom is -0.391 e. The maximum atomic E-state index is 12.8. The number of aliphatic hydroxyl groups excluding tert-OH is 2. The quantitative estimate of drug-likeness (QED) is 0.865. The Morgan fingerprint density at radius 2 is 2.00 bits per heavy atom. The SMILES string of the molecule is CC(O)Cn1nc(-c2ccc(F)cc2)cc1CO. The van der Waals surface area contributed by atoms with Crippen LogP contribution in [0.15, 0.2) is 30.3 Å². The summed E-state index contributed by atoms with van der Waals surface area (Å²) in [7, 11) is 0. The average molecular weight is 250 g/mol. The lowest BCUT2D eigenvalue weighted by molar-refractivity contribution is 0.163. The van der Waals surface area contributed by atoms with Gasteiger partial charge in [-0.25, -0.2) is 4.39 Å². The highest BCUT2D eigenvalue weighted by atomic mass is 19.1. The number of hydrogen-bond acceptors (Lipinski definition) is 3. The summed E-state index contributed by atoms with van der Waals surface area (Å²) in [6.45, 7) is 1.82. The van der Waals surface area contributed by atoms with Crippen LogP contribution < -0.4 is 0 Å². The van der Waals surface area contributed by atoms with Gasteiger partial charge in [-0.2, -0.15) is 5.10 Å². The molecule has 2 N–H and O–H groups in total. The molecule has 0 radical (unpaired) electrons. The molecule has 0 amide bonds. The maximum absolute atomic E-state index is 12.8. The van der Waals surface area contributed by atoms with E-state index in [-0.39, 0.29) is 12.4 Å². The lowest BCUT2D eigenvalue weighted by atomic mass is 10.1. The lowest BCUT2D eigenvalue weighted by Gasteiger charge is -2.07. The number of rotatable bonds is 4. The van der Waals surface area contributed by atoms with Crippen molar-refractivity contribution in [1.82, 2.24) is 9.78 Å². The molecule has 4 nitrogen and oxygen atoms in total. The van der Waals surface area contributed by atoms with Gasteiger partial charge in [0.25, 0.3) is 0 Å². The summed E-state index contributed by atoms with van der Waals surface area (Å²) in [6.07, 6.45) is -0.545. The highest BCUT2D eigenvalue weighted by Crippen LogP contribution is 2.20. The minimum absolute atomic E-state index is 0.152. The third-order valence-corrected chi connectivity index (χ3v) is 2.60. The standard InChI is InChI=1S/C13H15FN2O2/c1-9(18)7-16-12(8-17)6-13(15-16)10-2-4-11(14)5-3-10/h2-6,9,17-18H,7-8H2,1H3. The maximum Gasteiger partial charge on any atom is 0.123 e. The Bertz CT molecular complexity index is 520. The first kappa shape index (κ1) is 12.7. The molecule has 18 heavy (non-hydrogen) atoms. The summed E-state index contributed by atoms with van der Waals surface area (Å²) in [5, 5.41) is 22.9. The molecule has 0 bridgehead atoms. The number of aliphatic hydroxyl groups is 2. The van der Waals surface area contributed by atoms with E-state index in [9.17, 15) is 14.6 Å². The van der Waals surface area contributed by atoms with Crippen LogP contribution in [0.25, 0.3) is 11.3 Å². The zero-order valence-corrected chi connectivity index (χ0v) is 10.0. The Morgan fingerprint density at radius 3 is 2.56 bits per heavy atom. The number of hydrogen-bond donors (Lipinski definition) is 2. The molecular weight excluding hydrogens is 235 g/mol. The van der Waals surface area contributed by atoms with Crippen molar-refractivity contribution in [3.63, 3.8) is 0 Å². The molecule has 0 saturated heterocycles. The van der Waals surface area contributed by atoms with E-state index in [2.05, 4.69) is 5.10 Å². The Balaban J connectivity index is 2.34. The van der Waals surface area contributed by atoms with E-state index in [0.717, 1.165) is 5.56 Å². The van der Waals surface area contributed by atoms with Gasteiger partial charge < -0.3 is 10.2 Å². The summed E-state index contributed by atoms with van der Waals surface area (Å²) in [4.78, 5) is 0. The van der Waals surface area contributed by atoms with Gasteiger partial charge in [0.2, 0.25) is 0 Å². The molecule has 1 aromatic carbocycles. The topological polar surface area (TPSA) is 58.3 Å². The predicted octanol–water partition coefficient (Wildman–Crippen LogP) is 1.56. The number of aromatic nitrogens is 2. The van der Waals surface area contributed by atoms with Crippen LogP contribution in [0.5, 0.6) is 0 Å². The molecule has 5 heteroatoms. The van der Waals surface area contributed by atoms with Crippen molar-refractivity contribution in [3.05, 3.63) is 41.8 Å². The van der Waals surface area contributed by atoms with Crippen LogP contribution in [-0.4, -0.2) is 26.1 Å². The van der Waals surface area contributed by atoms with Gasteiger partial charge in [0, 0.05) is 5.56 Å². The van der Waals surface area contributed by atoms with Crippen LogP contribution in [0.4, 0.5) is 4.39 Å². The second kappa shape index (κ2) is 5.29. The highest BCUT2D eigenvalue weighted by molar-refractivity contribution is 5.59. The monoisotopic (exact) mass is 250 g/mol. The molecule has 96 valence electrons. The molecule has 1 heterocycles. The number of nitrogens with zero attached hydrogens (tertiary/aromatic N) is 2. The highest BCUT2D eigenvalue weighted by Gasteiger charge is 2.10. The van der Waals surface area contributed by atoms with Gasteiger partial charge >= 0.3 is 0 Å². The molecule has 2 aromatic rings. The van der Waals surface area contributed by atoms with Gasteiger partial charge in [-0.15, -0.1) is 0 Å². The molecule has 1 atom stereocenters. The lowest BCUT2D eigenvalue weighted by Crippen LogP contribution is -2.15. The summed E-state index contributed by atoms with van der Waals surface area (Å²) < 4.78 is 14.4. The molecule has 0 aliphatic carbocycles. The van der Waals surface area contributed by atoms with Crippen molar-refractivity contribution in [2.75, 3.05) is 0 Å². The predicted molar refractivity (Wildman–Crippen MR) is 65.2 cm³/mol. The molecule has 0 aliphatic rings. The third-order valence-electron chi connectivity index (χ3n) is 2.60. The van der Waals surface area contributed by atoms with Crippen LogP contribution in [0.2, 0.25) is 0 Å². The molecule has 0 fully saturated rings. The van der Waals surface area contributed by atoms with Gasteiger partial charge in [0.05, 0.1) is 30.6 Å². The fourth-order valence-electron chi connectivity index (χ4n) is 1.75. The van der Waals surface area contributed by atoms with Crippen LogP contribution >= 0.6 is 0 Å². The first-order valence-electron chi connectivity index (χ1n) is 5.71. The van der Waals surface area contributed by atoms with E-state index >= 15 is 0 Å². The number of benzene rings is 1. The van der Waals surface area contributed by atoms with Gasteiger partial charge in [-0.05, 0) is 37.3 Å². The molecule has 0 spiro atoms. The summed E-state index contributed by atoms with van der Waals surface area (Å²) in [5.74, 6) is -0.301. The second-order valence-corrected chi connectivity index (χ2v) is 4.22. The van der Waals surface area contributed by atoms with Gasteiger partial charge in [-0.3, -0.25) is 4.68 Å². The Labute approximate surface area is 104 Å². The van der Waals surface area contributed by atoms with Crippen molar-refractivity contribution in [3.8, 4) is 11.3 Å². The largest absolute Gasteiger partial charge is 0.391 e. The van der Waals surface area contributed by atoms with E-state index in [0.29, 0.717) is 17.9 Å². The molecule has 0 saturated carbocycles. The van der Waals surface area contributed by atoms with Crippen LogP contribution in [0.3, 0.4) is 0 Å². The van der Waals surface area contributed by atoms with E-state index in [1.165, 1.54) is 12.1 Å². The Kier molecular flexibility index (Phi) is 3.74.